The first-order chi connectivity index (χ1) is 7.70. The molecule has 1 aromatic heterocycles. The molecule has 82 valence electrons. The summed E-state index contributed by atoms with van der Waals surface area (Å²) in [6, 6.07) is 5.35. The van der Waals surface area contributed by atoms with Gasteiger partial charge < -0.3 is 9.84 Å². The van der Waals surface area contributed by atoms with E-state index < -0.39 is 5.82 Å². The van der Waals surface area contributed by atoms with Crippen molar-refractivity contribution in [3.05, 3.63) is 36.3 Å². The zero-order valence-electron chi connectivity index (χ0n) is 8.51. The molecule has 16 heavy (non-hydrogen) atoms. The molecule has 0 spiro atoms. The Bertz CT molecular complexity index is 517. The van der Waals surface area contributed by atoms with Gasteiger partial charge in [0.2, 0.25) is 5.88 Å². The fourth-order valence-electron chi connectivity index (χ4n) is 1.33. The van der Waals surface area contributed by atoms with E-state index in [0.717, 1.165) is 0 Å². The second-order valence-electron chi connectivity index (χ2n) is 3.15. The first-order valence-electron chi connectivity index (χ1n) is 4.56. The molecular formula is C11H9FN2O2. The SMILES string of the molecule is COc1cc(-c2cc(O)ccc2F)cnn1. The molecule has 5 heteroatoms. The van der Waals surface area contributed by atoms with Crippen LogP contribution in [0.1, 0.15) is 0 Å². The van der Waals surface area contributed by atoms with E-state index >= 15 is 0 Å². The van der Waals surface area contributed by atoms with Gasteiger partial charge in [0.15, 0.2) is 0 Å². The molecular weight excluding hydrogens is 211 g/mol. The van der Waals surface area contributed by atoms with E-state index in [1.807, 2.05) is 0 Å². The van der Waals surface area contributed by atoms with Gasteiger partial charge in [-0.1, -0.05) is 0 Å². The van der Waals surface area contributed by atoms with Gasteiger partial charge in [-0.15, -0.1) is 5.10 Å². The Labute approximate surface area is 91.3 Å². The first-order valence-corrected chi connectivity index (χ1v) is 4.56. The number of hydrogen-bond donors (Lipinski definition) is 1. The van der Waals surface area contributed by atoms with Crippen molar-refractivity contribution < 1.29 is 14.2 Å². The molecule has 1 heterocycles. The molecule has 0 saturated heterocycles. The lowest BCUT2D eigenvalue weighted by Gasteiger charge is -2.04. The number of halogens is 1. The Kier molecular flexibility index (Phi) is 2.68. The number of rotatable bonds is 2. The smallest absolute Gasteiger partial charge is 0.233 e. The van der Waals surface area contributed by atoms with E-state index in [4.69, 9.17) is 4.74 Å². The van der Waals surface area contributed by atoms with Crippen molar-refractivity contribution in [2.24, 2.45) is 0 Å². The second-order valence-corrected chi connectivity index (χ2v) is 3.15. The van der Waals surface area contributed by atoms with E-state index in [9.17, 15) is 9.50 Å². The van der Waals surface area contributed by atoms with E-state index in [2.05, 4.69) is 10.2 Å². The van der Waals surface area contributed by atoms with Crippen molar-refractivity contribution >= 4 is 0 Å². The van der Waals surface area contributed by atoms with Crippen LogP contribution in [-0.2, 0) is 0 Å². The van der Waals surface area contributed by atoms with Crippen molar-refractivity contribution in [1.82, 2.24) is 10.2 Å². The predicted octanol–water partition coefficient (Wildman–Crippen LogP) is 2.00. The monoisotopic (exact) mass is 220 g/mol. The number of phenols is 1. The largest absolute Gasteiger partial charge is 0.508 e. The van der Waals surface area contributed by atoms with Gasteiger partial charge in [0.05, 0.1) is 13.3 Å². The van der Waals surface area contributed by atoms with Gasteiger partial charge >= 0.3 is 0 Å². The lowest BCUT2D eigenvalue weighted by molar-refractivity contribution is 0.392. The van der Waals surface area contributed by atoms with Gasteiger partial charge in [-0.3, -0.25) is 0 Å². The van der Waals surface area contributed by atoms with Crippen LogP contribution in [-0.4, -0.2) is 22.4 Å². The Balaban J connectivity index is 2.53. The molecule has 1 aromatic carbocycles. The number of ether oxygens (including phenoxy) is 1. The number of methoxy groups -OCH3 is 1. The summed E-state index contributed by atoms with van der Waals surface area (Å²) < 4.78 is 18.4. The number of nitrogens with zero attached hydrogens (tertiary/aromatic N) is 2. The Morgan fingerprint density at radius 1 is 1.31 bits per heavy atom. The summed E-state index contributed by atoms with van der Waals surface area (Å²) in [5, 5.41) is 16.6. The molecule has 0 aliphatic carbocycles. The zero-order valence-corrected chi connectivity index (χ0v) is 8.51. The fraction of sp³-hybridized carbons (Fsp3) is 0.0909. The Morgan fingerprint density at radius 2 is 2.12 bits per heavy atom. The van der Waals surface area contributed by atoms with Gasteiger partial charge in [0.1, 0.15) is 11.6 Å². The summed E-state index contributed by atoms with van der Waals surface area (Å²) in [6.07, 6.45) is 1.40. The van der Waals surface area contributed by atoms with Crippen molar-refractivity contribution in [3.63, 3.8) is 0 Å². The summed E-state index contributed by atoms with van der Waals surface area (Å²) in [4.78, 5) is 0. The van der Waals surface area contributed by atoms with Gasteiger partial charge in [0.25, 0.3) is 0 Å². The third-order valence-corrected chi connectivity index (χ3v) is 2.10. The number of aromatic hydroxyl groups is 1. The third-order valence-electron chi connectivity index (χ3n) is 2.10. The first kappa shape index (κ1) is 10.4. The molecule has 0 bridgehead atoms. The molecule has 0 atom stereocenters. The van der Waals surface area contributed by atoms with Crippen LogP contribution in [0.5, 0.6) is 11.6 Å². The van der Waals surface area contributed by atoms with Crippen LogP contribution in [0.25, 0.3) is 11.1 Å². The number of aromatic nitrogens is 2. The molecule has 0 fully saturated rings. The highest BCUT2D eigenvalue weighted by Gasteiger charge is 2.08. The maximum absolute atomic E-state index is 13.5. The Hall–Kier alpha value is -2.17. The van der Waals surface area contributed by atoms with Gasteiger partial charge in [-0.05, 0) is 18.2 Å². The van der Waals surface area contributed by atoms with Crippen LogP contribution >= 0.6 is 0 Å². The topological polar surface area (TPSA) is 55.2 Å². The minimum atomic E-state index is -0.437. The van der Waals surface area contributed by atoms with Gasteiger partial charge in [-0.25, -0.2) is 4.39 Å². The maximum atomic E-state index is 13.5. The molecule has 0 aliphatic heterocycles. The Morgan fingerprint density at radius 3 is 2.88 bits per heavy atom. The molecule has 1 N–H and O–H groups in total. The van der Waals surface area contributed by atoms with Crippen LogP contribution in [0.4, 0.5) is 4.39 Å². The number of benzene rings is 1. The number of phenolic OH excluding ortho intramolecular Hbond substituents is 1. The standard InChI is InChI=1S/C11H9FN2O2/c1-16-11-4-7(6-13-14-11)9-5-8(15)2-3-10(9)12/h2-6,15H,1H3. The van der Waals surface area contributed by atoms with E-state index in [0.29, 0.717) is 11.4 Å². The van der Waals surface area contributed by atoms with Gasteiger partial charge in [-0.2, -0.15) is 5.10 Å². The highest BCUT2D eigenvalue weighted by Crippen LogP contribution is 2.27. The minimum Gasteiger partial charge on any atom is -0.508 e. The highest BCUT2D eigenvalue weighted by molar-refractivity contribution is 5.65. The fourth-order valence-corrected chi connectivity index (χ4v) is 1.33. The highest BCUT2D eigenvalue weighted by atomic mass is 19.1. The average molecular weight is 220 g/mol. The molecule has 0 saturated carbocycles. The van der Waals surface area contributed by atoms with Crippen LogP contribution < -0.4 is 4.74 Å². The van der Waals surface area contributed by atoms with E-state index in [1.165, 1.54) is 31.5 Å². The van der Waals surface area contributed by atoms with Crippen LogP contribution in [0, 0.1) is 5.82 Å². The molecule has 2 aromatic rings. The molecule has 4 nitrogen and oxygen atoms in total. The predicted molar refractivity (Wildman–Crippen MR) is 55.6 cm³/mol. The summed E-state index contributed by atoms with van der Waals surface area (Å²) in [7, 11) is 1.45. The molecule has 2 rings (SSSR count). The van der Waals surface area contributed by atoms with E-state index in [1.54, 1.807) is 6.07 Å². The summed E-state index contributed by atoms with van der Waals surface area (Å²) in [6.45, 7) is 0. The van der Waals surface area contributed by atoms with Gasteiger partial charge in [0, 0.05) is 17.2 Å². The van der Waals surface area contributed by atoms with Crippen molar-refractivity contribution in [3.8, 4) is 22.8 Å². The molecule has 0 amide bonds. The zero-order chi connectivity index (χ0) is 11.5. The normalized spacial score (nSPS) is 10.1. The van der Waals surface area contributed by atoms with Crippen LogP contribution in [0.15, 0.2) is 30.5 Å². The minimum absolute atomic E-state index is 0.00724. The van der Waals surface area contributed by atoms with Crippen molar-refractivity contribution in [2.75, 3.05) is 7.11 Å². The maximum Gasteiger partial charge on any atom is 0.233 e. The summed E-state index contributed by atoms with van der Waals surface area (Å²) in [5.41, 5.74) is 0.758. The van der Waals surface area contributed by atoms with Crippen LogP contribution in [0.2, 0.25) is 0 Å². The second kappa shape index (κ2) is 4.14. The average Bonchev–Trinajstić information content (AvgIpc) is 2.32. The summed E-state index contributed by atoms with van der Waals surface area (Å²) in [5.74, 6) is -0.153. The van der Waals surface area contributed by atoms with Crippen molar-refractivity contribution in [1.29, 1.82) is 0 Å². The molecule has 0 radical (unpaired) electrons. The van der Waals surface area contributed by atoms with E-state index in [-0.39, 0.29) is 11.3 Å². The lowest BCUT2D eigenvalue weighted by atomic mass is 10.1. The number of hydrogen-bond acceptors (Lipinski definition) is 4. The third kappa shape index (κ3) is 1.93. The molecule has 0 unspecified atom stereocenters. The van der Waals surface area contributed by atoms with Crippen molar-refractivity contribution in [2.45, 2.75) is 0 Å². The lowest BCUT2D eigenvalue weighted by Crippen LogP contribution is -1.92. The quantitative estimate of drug-likeness (QED) is 0.840. The van der Waals surface area contributed by atoms with Crippen LogP contribution in [0.3, 0.4) is 0 Å². The summed E-state index contributed by atoms with van der Waals surface area (Å²) >= 11 is 0. The molecule has 0 aliphatic rings.